The van der Waals surface area contributed by atoms with Crippen LogP contribution in [0.1, 0.15) is 37.8 Å². The second kappa shape index (κ2) is 7.42. The van der Waals surface area contributed by atoms with E-state index in [0.29, 0.717) is 13.0 Å². The maximum atomic E-state index is 9.39. The van der Waals surface area contributed by atoms with Gasteiger partial charge in [0.1, 0.15) is 0 Å². The van der Waals surface area contributed by atoms with Gasteiger partial charge in [-0.2, -0.15) is 0 Å². The molecule has 0 spiro atoms. The predicted octanol–water partition coefficient (Wildman–Crippen LogP) is 2.93. The van der Waals surface area contributed by atoms with Gasteiger partial charge in [0.25, 0.3) is 0 Å². The number of aryl methyl sites for hydroxylation is 2. The molecule has 0 aliphatic rings. The summed E-state index contributed by atoms with van der Waals surface area (Å²) in [5, 5.41) is 9.39. The first kappa shape index (κ1) is 13.2. The first-order chi connectivity index (χ1) is 7.76. The van der Waals surface area contributed by atoms with Gasteiger partial charge in [-0.15, -0.1) is 0 Å². The van der Waals surface area contributed by atoms with Crippen LogP contribution in [0.5, 0.6) is 0 Å². The first-order valence-corrected chi connectivity index (χ1v) is 6.13. The van der Waals surface area contributed by atoms with Gasteiger partial charge in [-0.05, 0) is 43.7 Å². The Morgan fingerprint density at radius 3 is 2.31 bits per heavy atom. The minimum atomic E-state index is -0.597. The summed E-state index contributed by atoms with van der Waals surface area (Å²) >= 11 is 0. The van der Waals surface area contributed by atoms with E-state index in [0.717, 1.165) is 19.3 Å². The molecule has 0 heterocycles. The highest BCUT2D eigenvalue weighted by atomic mass is 16.6. The van der Waals surface area contributed by atoms with E-state index in [2.05, 4.69) is 31.2 Å². The highest BCUT2D eigenvalue weighted by Crippen LogP contribution is 2.09. The molecule has 0 aliphatic carbocycles. The van der Waals surface area contributed by atoms with Crippen LogP contribution >= 0.6 is 0 Å². The molecule has 2 heteroatoms. The third-order valence-corrected chi connectivity index (χ3v) is 2.71. The van der Waals surface area contributed by atoms with Gasteiger partial charge in [0, 0.05) is 6.61 Å². The lowest BCUT2D eigenvalue weighted by Gasteiger charge is -2.09. The van der Waals surface area contributed by atoms with Crippen LogP contribution in [0, 0.1) is 0 Å². The zero-order chi connectivity index (χ0) is 11.8. The molecule has 1 aromatic rings. The van der Waals surface area contributed by atoms with Crippen LogP contribution in [0.3, 0.4) is 0 Å². The Morgan fingerprint density at radius 1 is 1.12 bits per heavy atom. The maximum absolute atomic E-state index is 9.39. The largest absolute Gasteiger partial charge is 0.368 e. The third kappa shape index (κ3) is 4.77. The number of hydrogen-bond donors (Lipinski definition) is 1. The quantitative estimate of drug-likeness (QED) is 0.719. The number of aliphatic hydroxyl groups excluding tert-OH is 1. The van der Waals surface area contributed by atoms with Crippen molar-refractivity contribution < 1.29 is 9.84 Å². The average molecular weight is 222 g/mol. The number of rotatable bonds is 7. The van der Waals surface area contributed by atoms with E-state index < -0.39 is 6.29 Å². The molecule has 1 N–H and O–H groups in total. The van der Waals surface area contributed by atoms with E-state index >= 15 is 0 Å². The van der Waals surface area contributed by atoms with E-state index in [1.165, 1.54) is 11.1 Å². The van der Waals surface area contributed by atoms with Gasteiger partial charge in [-0.25, -0.2) is 0 Å². The predicted molar refractivity (Wildman–Crippen MR) is 66.4 cm³/mol. The number of benzene rings is 1. The summed E-state index contributed by atoms with van der Waals surface area (Å²) in [5.74, 6) is 0. The molecular formula is C14H22O2. The van der Waals surface area contributed by atoms with E-state index in [-0.39, 0.29) is 0 Å². The summed E-state index contributed by atoms with van der Waals surface area (Å²) in [7, 11) is 0. The van der Waals surface area contributed by atoms with Crippen LogP contribution in [-0.2, 0) is 17.6 Å². The Balaban J connectivity index is 2.26. The second-order valence-corrected chi connectivity index (χ2v) is 3.97. The highest BCUT2D eigenvalue weighted by molar-refractivity contribution is 5.22. The van der Waals surface area contributed by atoms with E-state index in [1.807, 2.05) is 6.92 Å². The zero-order valence-electron chi connectivity index (χ0n) is 10.3. The molecule has 16 heavy (non-hydrogen) atoms. The van der Waals surface area contributed by atoms with Gasteiger partial charge in [0.2, 0.25) is 0 Å². The molecule has 0 amide bonds. The van der Waals surface area contributed by atoms with Gasteiger partial charge < -0.3 is 9.84 Å². The van der Waals surface area contributed by atoms with Crippen LogP contribution in [-0.4, -0.2) is 18.0 Å². The molecule has 0 aliphatic heterocycles. The van der Waals surface area contributed by atoms with Crippen molar-refractivity contribution in [2.24, 2.45) is 0 Å². The molecule has 1 atom stereocenters. The smallest absolute Gasteiger partial charge is 0.154 e. The molecule has 0 saturated carbocycles. The Hall–Kier alpha value is -0.860. The topological polar surface area (TPSA) is 29.5 Å². The van der Waals surface area contributed by atoms with Crippen molar-refractivity contribution in [3.63, 3.8) is 0 Å². The normalized spacial score (nSPS) is 12.7. The summed E-state index contributed by atoms with van der Waals surface area (Å²) in [6, 6.07) is 8.69. The Bertz CT molecular complexity index is 279. The molecule has 90 valence electrons. The third-order valence-electron chi connectivity index (χ3n) is 2.71. The van der Waals surface area contributed by atoms with Crippen LogP contribution in [0.2, 0.25) is 0 Å². The van der Waals surface area contributed by atoms with E-state index in [1.54, 1.807) is 0 Å². The molecule has 0 aromatic heterocycles. The Morgan fingerprint density at radius 2 is 1.75 bits per heavy atom. The Labute approximate surface area is 98.3 Å². The lowest BCUT2D eigenvalue weighted by Crippen LogP contribution is -2.11. The zero-order valence-corrected chi connectivity index (χ0v) is 10.3. The van der Waals surface area contributed by atoms with Crippen molar-refractivity contribution in [1.82, 2.24) is 0 Å². The minimum Gasteiger partial charge on any atom is -0.368 e. The Kier molecular flexibility index (Phi) is 6.12. The maximum Gasteiger partial charge on any atom is 0.154 e. The van der Waals surface area contributed by atoms with Crippen LogP contribution in [0.25, 0.3) is 0 Å². The minimum absolute atomic E-state index is 0.576. The molecule has 1 rings (SSSR count). The molecule has 0 fully saturated rings. The average Bonchev–Trinajstić information content (AvgIpc) is 2.30. The molecule has 1 aromatic carbocycles. The molecule has 0 radical (unpaired) electrons. The first-order valence-electron chi connectivity index (χ1n) is 6.13. The van der Waals surface area contributed by atoms with Gasteiger partial charge in [-0.1, -0.05) is 31.2 Å². The van der Waals surface area contributed by atoms with Crippen molar-refractivity contribution in [2.75, 3.05) is 6.61 Å². The lowest BCUT2D eigenvalue weighted by atomic mass is 10.1. The fraction of sp³-hybridized carbons (Fsp3) is 0.571. The number of aliphatic hydroxyl groups is 1. The van der Waals surface area contributed by atoms with Crippen LogP contribution in [0.4, 0.5) is 0 Å². The summed E-state index contributed by atoms with van der Waals surface area (Å²) in [5.41, 5.74) is 2.71. The van der Waals surface area contributed by atoms with Crippen LogP contribution in [0.15, 0.2) is 24.3 Å². The van der Waals surface area contributed by atoms with Crippen molar-refractivity contribution in [2.45, 2.75) is 45.8 Å². The summed E-state index contributed by atoms with van der Waals surface area (Å²) < 4.78 is 5.07. The number of hydrogen-bond acceptors (Lipinski definition) is 2. The number of ether oxygens (including phenoxy) is 1. The van der Waals surface area contributed by atoms with Crippen molar-refractivity contribution >= 4 is 0 Å². The molecule has 0 bridgehead atoms. The van der Waals surface area contributed by atoms with Crippen molar-refractivity contribution in [1.29, 1.82) is 0 Å². The highest BCUT2D eigenvalue weighted by Gasteiger charge is 2.02. The standard InChI is InChI=1S/C14H22O2/c1-3-12-8-10-13(11-9-12)6-5-7-14(15)16-4-2/h8-11,14-15H,3-7H2,1-2H3. The van der Waals surface area contributed by atoms with Crippen molar-refractivity contribution in [3.05, 3.63) is 35.4 Å². The fourth-order valence-electron chi connectivity index (χ4n) is 1.70. The molecule has 2 nitrogen and oxygen atoms in total. The summed E-state index contributed by atoms with van der Waals surface area (Å²) in [6.07, 6.45) is 3.17. The van der Waals surface area contributed by atoms with Crippen molar-refractivity contribution in [3.8, 4) is 0 Å². The van der Waals surface area contributed by atoms with Gasteiger partial charge in [0.15, 0.2) is 6.29 Å². The summed E-state index contributed by atoms with van der Waals surface area (Å²) in [6.45, 7) is 4.63. The van der Waals surface area contributed by atoms with Gasteiger partial charge in [-0.3, -0.25) is 0 Å². The van der Waals surface area contributed by atoms with Gasteiger partial charge >= 0.3 is 0 Å². The molecule has 1 unspecified atom stereocenters. The second-order valence-electron chi connectivity index (χ2n) is 3.97. The van der Waals surface area contributed by atoms with Crippen LogP contribution < -0.4 is 0 Å². The van der Waals surface area contributed by atoms with E-state index in [4.69, 9.17) is 4.74 Å². The monoisotopic (exact) mass is 222 g/mol. The molecular weight excluding hydrogens is 200 g/mol. The molecule has 0 saturated heterocycles. The summed E-state index contributed by atoms with van der Waals surface area (Å²) in [4.78, 5) is 0. The van der Waals surface area contributed by atoms with E-state index in [9.17, 15) is 5.11 Å². The van der Waals surface area contributed by atoms with Gasteiger partial charge in [0.05, 0.1) is 0 Å². The lowest BCUT2D eigenvalue weighted by molar-refractivity contribution is -0.0990. The SMILES string of the molecule is CCOC(O)CCCc1ccc(CC)cc1. The fourth-order valence-corrected chi connectivity index (χ4v) is 1.70.